The van der Waals surface area contributed by atoms with Crippen LogP contribution in [0.2, 0.25) is 0 Å². The molecule has 35 heavy (non-hydrogen) atoms. The lowest BCUT2D eigenvalue weighted by atomic mass is 10.1. The van der Waals surface area contributed by atoms with E-state index in [0.717, 1.165) is 15.9 Å². The van der Waals surface area contributed by atoms with Crippen molar-refractivity contribution in [3.63, 3.8) is 0 Å². The second-order valence-corrected chi connectivity index (χ2v) is 8.91. The van der Waals surface area contributed by atoms with Gasteiger partial charge in [0, 0.05) is 48.8 Å². The van der Waals surface area contributed by atoms with E-state index in [0.29, 0.717) is 16.9 Å². The molecule has 0 aliphatic heterocycles. The maximum atomic E-state index is 12.8. The van der Waals surface area contributed by atoms with Gasteiger partial charge in [-0.05, 0) is 35.7 Å². The predicted molar refractivity (Wildman–Crippen MR) is 139 cm³/mol. The van der Waals surface area contributed by atoms with Gasteiger partial charge in [-0.1, -0.05) is 48.2 Å². The molecule has 3 amide bonds. The van der Waals surface area contributed by atoms with Gasteiger partial charge in [-0.15, -0.1) is 0 Å². The molecule has 0 aliphatic rings. The van der Waals surface area contributed by atoms with Crippen molar-refractivity contribution in [2.24, 2.45) is 7.05 Å². The lowest BCUT2D eigenvalue weighted by molar-refractivity contribution is -0.116. The smallest absolute Gasteiger partial charge is 0.254 e. The molecule has 9 heteroatoms. The van der Waals surface area contributed by atoms with Crippen molar-refractivity contribution in [1.29, 1.82) is 0 Å². The lowest BCUT2D eigenvalue weighted by Crippen LogP contribution is -2.35. The number of likely N-dealkylation sites (N-methyl/N-ethyl adjacent to an activating group) is 1. The number of hydrogen-bond donors (Lipinski definition) is 2. The maximum absolute atomic E-state index is 12.8. The Kier molecular flexibility index (Phi) is 7.47. The van der Waals surface area contributed by atoms with Gasteiger partial charge in [-0.25, -0.2) is 4.98 Å². The number of aromatic nitrogens is 2. The Morgan fingerprint density at radius 1 is 0.943 bits per heavy atom. The number of rotatable bonds is 8. The van der Waals surface area contributed by atoms with Crippen LogP contribution in [-0.4, -0.2) is 51.5 Å². The highest BCUT2D eigenvalue weighted by molar-refractivity contribution is 7.99. The van der Waals surface area contributed by atoms with Gasteiger partial charge in [-0.2, -0.15) is 0 Å². The highest BCUT2D eigenvalue weighted by Gasteiger charge is 2.16. The number of carbonyl (C=O) groups excluding carboxylic acids is 3. The van der Waals surface area contributed by atoms with Crippen LogP contribution in [0.15, 0.2) is 84.3 Å². The monoisotopic (exact) mass is 487 g/mol. The number of imidazole rings is 1. The van der Waals surface area contributed by atoms with E-state index in [-0.39, 0.29) is 30.0 Å². The zero-order valence-corrected chi connectivity index (χ0v) is 20.2. The third-order valence-electron chi connectivity index (χ3n) is 5.32. The molecule has 0 unspecified atom stereocenters. The molecule has 0 spiro atoms. The van der Waals surface area contributed by atoms with Crippen molar-refractivity contribution in [1.82, 2.24) is 14.5 Å². The first-order valence-corrected chi connectivity index (χ1v) is 11.9. The third kappa shape index (κ3) is 6.07. The number of carbonyl (C=O) groups is 3. The summed E-state index contributed by atoms with van der Waals surface area (Å²) in [7, 11) is 3.45. The summed E-state index contributed by atoms with van der Waals surface area (Å²) in [5, 5.41) is 8.42. The minimum atomic E-state index is -0.290. The topological polar surface area (TPSA) is 96.3 Å². The Balaban J connectivity index is 1.30. The van der Waals surface area contributed by atoms with Crippen molar-refractivity contribution >= 4 is 51.6 Å². The standard InChI is InChI=1S/C26H25N5O3S/c1-30-15-14-27-26(30)35-17-24(33)28-20-12-10-19(11-13-20)25(34)31(2)16-23(32)29-22-9-5-7-18-6-3-4-8-21(18)22/h3-15H,16-17H2,1-2H3,(H,28,33)(H,29,32). The number of hydrogen-bond acceptors (Lipinski definition) is 5. The number of amides is 3. The van der Waals surface area contributed by atoms with E-state index in [1.165, 1.54) is 16.7 Å². The van der Waals surface area contributed by atoms with Crippen LogP contribution in [0.5, 0.6) is 0 Å². The largest absolute Gasteiger partial charge is 0.332 e. The summed E-state index contributed by atoms with van der Waals surface area (Å²) in [6, 6.07) is 20.1. The van der Waals surface area contributed by atoms with E-state index >= 15 is 0 Å². The van der Waals surface area contributed by atoms with Crippen LogP contribution in [0.1, 0.15) is 10.4 Å². The lowest BCUT2D eigenvalue weighted by Gasteiger charge is -2.17. The van der Waals surface area contributed by atoms with Gasteiger partial charge < -0.3 is 20.1 Å². The molecule has 0 fully saturated rings. The minimum Gasteiger partial charge on any atom is -0.332 e. The van der Waals surface area contributed by atoms with Gasteiger partial charge in [0.05, 0.1) is 12.3 Å². The summed E-state index contributed by atoms with van der Waals surface area (Å²) in [5.41, 5.74) is 1.71. The summed E-state index contributed by atoms with van der Waals surface area (Å²) in [4.78, 5) is 43.1. The number of anilines is 2. The van der Waals surface area contributed by atoms with Crippen LogP contribution in [0.25, 0.3) is 10.8 Å². The molecule has 178 valence electrons. The molecule has 0 aliphatic carbocycles. The van der Waals surface area contributed by atoms with E-state index in [1.54, 1.807) is 37.5 Å². The molecule has 0 saturated heterocycles. The van der Waals surface area contributed by atoms with E-state index < -0.39 is 0 Å². The minimum absolute atomic E-state index is 0.0923. The van der Waals surface area contributed by atoms with Crippen molar-refractivity contribution in [2.75, 3.05) is 30.0 Å². The van der Waals surface area contributed by atoms with E-state index in [9.17, 15) is 14.4 Å². The van der Waals surface area contributed by atoms with Crippen molar-refractivity contribution in [2.45, 2.75) is 5.16 Å². The summed E-state index contributed by atoms with van der Waals surface area (Å²) in [6.45, 7) is -0.0923. The van der Waals surface area contributed by atoms with Crippen LogP contribution in [0, 0.1) is 0 Å². The molecule has 2 N–H and O–H groups in total. The molecule has 1 aromatic heterocycles. The van der Waals surface area contributed by atoms with Gasteiger partial charge in [0.1, 0.15) is 0 Å². The first kappa shape index (κ1) is 24.0. The maximum Gasteiger partial charge on any atom is 0.254 e. The molecule has 3 aromatic carbocycles. The molecular formula is C26H25N5O3S. The normalized spacial score (nSPS) is 10.7. The Morgan fingerprint density at radius 2 is 1.69 bits per heavy atom. The van der Waals surface area contributed by atoms with E-state index in [1.807, 2.05) is 60.3 Å². The Hall–Kier alpha value is -4.11. The van der Waals surface area contributed by atoms with Crippen LogP contribution < -0.4 is 10.6 Å². The Morgan fingerprint density at radius 3 is 2.43 bits per heavy atom. The van der Waals surface area contributed by atoms with Crippen LogP contribution in [0.4, 0.5) is 11.4 Å². The fourth-order valence-electron chi connectivity index (χ4n) is 3.55. The summed E-state index contributed by atoms with van der Waals surface area (Å²) >= 11 is 1.34. The van der Waals surface area contributed by atoms with Crippen molar-refractivity contribution in [3.8, 4) is 0 Å². The fourth-order valence-corrected chi connectivity index (χ4v) is 4.28. The van der Waals surface area contributed by atoms with Crippen molar-refractivity contribution in [3.05, 3.63) is 84.7 Å². The van der Waals surface area contributed by atoms with Crippen molar-refractivity contribution < 1.29 is 14.4 Å². The number of nitrogens with one attached hydrogen (secondary N) is 2. The average molecular weight is 488 g/mol. The second kappa shape index (κ2) is 10.9. The molecule has 0 atom stereocenters. The zero-order chi connectivity index (χ0) is 24.8. The number of nitrogens with zero attached hydrogens (tertiary/aromatic N) is 3. The number of benzene rings is 3. The fraction of sp³-hybridized carbons (Fsp3) is 0.154. The number of thioether (sulfide) groups is 1. The molecule has 4 rings (SSSR count). The first-order chi connectivity index (χ1) is 16.9. The Labute approximate surface area is 207 Å². The zero-order valence-electron chi connectivity index (χ0n) is 19.4. The second-order valence-electron chi connectivity index (χ2n) is 7.97. The summed E-state index contributed by atoms with van der Waals surface area (Å²) < 4.78 is 1.84. The third-order valence-corrected chi connectivity index (χ3v) is 6.37. The SMILES string of the molecule is CN(CC(=O)Nc1cccc2ccccc12)C(=O)c1ccc(NC(=O)CSc2nccn2C)cc1. The molecular weight excluding hydrogens is 462 g/mol. The van der Waals surface area contributed by atoms with Crippen LogP contribution in [-0.2, 0) is 16.6 Å². The molecule has 0 bridgehead atoms. The quantitative estimate of drug-likeness (QED) is 0.366. The van der Waals surface area contributed by atoms with E-state index in [4.69, 9.17) is 0 Å². The van der Waals surface area contributed by atoms with Gasteiger partial charge >= 0.3 is 0 Å². The first-order valence-electron chi connectivity index (χ1n) is 10.9. The van der Waals surface area contributed by atoms with Gasteiger partial charge in [-0.3, -0.25) is 14.4 Å². The van der Waals surface area contributed by atoms with Gasteiger partial charge in [0.2, 0.25) is 11.8 Å². The van der Waals surface area contributed by atoms with E-state index in [2.05, 4.69) is 15.6 Å². The molecule has 8 nitrogen and oxygen atoms in total. The number of fused-ring (bicyclic) bond motifs is 1. The van der Waals surface area contributed by atoms with Crippen LogP contribution in [0.3, 0.4) is 0 Å². The molecule has 4 aromatic rings. The van der Waals surface area contributed by atoms with Crippen LogP contribution >= 0.6 is 11.8 Å². The summed E-state index contributed by atoms with van der Waals surface area (Å²) in [6.07, 6.45) is 3.50. The average Bonchev–Trinajstić information content (AvgIpc) is 3.27. The highest BCUT2D eigenvalue weighted by Crippen LogP contribution is 2.23. The molecule has 1 heterocycles. The predicted octanol–water partition coefficient (Wildman–Crippen LogP) is 4.01. The summed E-state index contributed by atoms with van der Waals surface area (Å²) in [5.74, 6) is -0.521. The molecule has 0 saturated carbocycles. The van der Waals surface area contributed by atoms with Gasteiger partial charge in [0.25, 0.3) is 5.91 Å². The molecule has 0 radical (unpaired) electrons. The van der Waals surface area contributed by atoms with Gasteiger partial charge in [0.15, 0.2) is 5.16 Å². The Bertz CT molecular complexity index is 1360. The number of aryl methyl sites for hydroxylation is 1. The highest BCUT2D eigenvalue weighted by atomic mass is 32.2.